The van der Waals surface area contributed by atoms with E-state index in [2.05, 4.69) is 50.8 Å². The highest BCUT2D eigenvalue weighted by molar-refractivity contribution is 5.32. The van der Waals surface area contributed by atoms with Gasteiger partial charge in [-0.25, -0.2) is 0 Å². The van der Waals surface area contributed by atoms with Crippen molar-refractivity contribution >= 4 is 0 Å². The molecule has 1 aliphatic rings. The highest BCUT2D eigenvalue weighted by atomic mass is 15.2. The van der Waals surface area contributed by atoms with Crippen LogP contribution in [-0.2, 0) is 0 Å². The van der Waals surface area contributed by atoms with Gasteiger partial charge in [-0.2, -0.15) is 0 Å². The van der Waals surface area contributed by atoms with Crippen LogP contribution in [0.5, 0.6) is 0 Å². The minimum absolute atomic E-state index is 0.479. The Morgan fingerprint density at radius 2 is 1.95 bits per heavy atom. The third kappa shape index (κ3) is 3.67. The summed E-state index contributed by atoms with van der Waals surface area (Å²) in [7, 11) is 0. The average Bonchev–Trinajstić information content (AvgIpc) is 2.50. The number of benzene rings is 1. The van der Waals surface area contributed by atoms with Crippen molar-refractivity contribution < 1.29 is 0 Å². The summed E-state index contributed by atoms with van der Waals surface area (Å²) in [5.41, 5.74) is 10.3. The topological polar surface area (TPSA) is 29.3 Å². The lowest BCUT2D eigenvalue weighted by molar-refractivity contribution is 0.0767. The number of nitrogens with zero attached hydrogens (tertiary/aromatic N) is 1. The van der Waals surface area contributed by atoms with Crippen molar-refractivity contribution in [1.82, 2.24) is 4.90 Å². The monoisotopic (exact) mass is 288 g/mol. The molecule has 1 aliphatic carbocycles. The van der Waals surface area contributed by atoms with Crippen molar-refractivity contribution in [2.24, 2.45) is 11.7 Å². The minimum Gasteiger partial charge on any atom is -0.330 e. The first-order chi connectivity index (χ1) is 10.1. The number of hydrogen-bond acceptors (Lipinski definition) is 2. The summed E-state index contributed by atoms with van der Waals surface area (Å²) >= 11 is 0. The van der Waals surface area contributed by atoms with Crippen LogP contribution in [0.2, 0.25) is 0 Å². The van der Waals surface area contributed by atoms with E-state index in [-0.39, 0.29) is 0 Å². The fourth-order valence-corrected chi connectivity index (χ4v) is 4.08. The van der Waals surface area contributed by atoms with Gasteiger partial charge in [-0.1, -0.05) is 43.5 Å². The SMILES string of the molecule is CCN(C(C)c1cc(C)ccc1C)C1CCCCC1CN. The summed E-state index contributed by atoms with van der Waals surface area (Å²) in [6, 6.07) is 7.97. The molecule has 0 aromatic heterocycles. The van der Waals surface area contributed by atoms with Gasteiger partial charge < -0.3 is 5.73 Å². The van der Waals surface area contributed by atoms with Crippen LogP contribution in [0.3, 0.4) is 0 Å². The van der Waals surface area contributed by atoms with Gasteiger partial charge in [-0.05, 0) is 63.7 Å². The lowest BCUT2D eigenvalue weighted by atomic mass is 9.82. The maximum atomic E-state index is 6.05. The molecule has 0 spiro atoms. The first kappa shape index (κ1) is 16.5. The molecule has 1 fully saturated rings. The van der Waals surface area contributed by atoms with Crippen LogP contribution < -0.4 is 5.73 Å². The van der Waals surface area contributed by atoms with E-state index >= 15 is 0 Å². The minimum atomic E-state index is 0.479. The lowest BCUT2D eigenvalue weighted by Gasteiger charge is -2.43. The van der Waals surface area contributed by atoms with Crippen molar-refractivity contribution in [2.45, 2.75) is 65.5 Å². The van der Waals surface area contributed by atoms with Crippen molar-refractivity contribution in [3.63, 3.8) is 0 Å². The summed E-state index contributed by atoms with van der Waals surface area (Å²) in [4.78, 5) is 2.69. The summed E-state index contributed by atoms with van der Waals surface area (Å²) < 4.78 is 0. The van der Waals surface area contributed by atoms with Gasteiger partial charge in [0.15, 0.2) is 0 Å². The molecule has 0 amide bonds. The smallest absolute Gasteiger partial charge is 0.0325 e. The fourth-order valence-electron chi connectivity index (χ4n) is 4.08. The summed E-state index contributed by atoms with van der Waals surface area (Å²) in [5, 5.41) is 0. The van der Waals surface area contributed by atoms with Crippen molar-refractivity contribution in [1.29, 1.82) is 0 Å². The highest BCUT2D eigenvalue weighted by Gasteiger charge is 2.31. The number of hydrogen-bond donors (Lipinski definition) is 1. The first-order valence-electron chi connectivity index (χ1n) is 8.61. The standard InChI is InChI=1S/C19H32N2/c1-5-21(19-9-7-6-8-17(19)13-20)16(4)18-12-14(2)10-11-15(18)3/h10-12,16-17,19H,5-9,13,20H2,1-4H3. The van der Waals surface area contributed by atoms with E-state index in [1.165, 1.54) is 42.4 Å². The maximum Gasteiger partial charge on any atom is 0.0325 e. The summed E-state index contributed by atoms with van der Waals surface area (Å²) in [6.45, 7) is 11.0. The molecule has 0 heterocycles. The van der Waals surface area contributed by atoms with E-state index in [1.807, 2.05) is 0 Å². The zero-order chi connectivity index (χ0) is 15.4. The Morgan fingerprint density at radius 1 is 1.24 bits per heavy atom. The third-order valence-electron chi connectivity index (χ3n) is 5.35. The Labute approximate surface area is 130 Å². The van der Waals surface area contributed by atoms with Crippen LogP contribution in [0.1, 0.15) is 62.3 Å². The van der Waals surface area contributed by atoms with E-state index in [4.69, 9.17) is 5.73 Å². The van der Waals surface area contributed by atoms with Crippen molar-refractivity contribution in [3.05, 3.63) is 34.9 Å². The van der Waals surface area contributed by atoms with E-state index < -0.39 is 0 Å². The summed E-state index contributed by atoms with van der Waals surface area (Å²) in [5.74, 6) is 0.672. The van der Waals surface area contributed by atoms with E-state index in [0.717, 1.165) is 13.1 Å². The predicted molar refractivity (Wildman–Crippen MR) is 91.5 cm³/mol. The van der Waals surface area contributed by atoms with Gasteiger partial charge in [0.1, 0.15) is 0 Å². The molecule has 0 radical (unpaired) electrons. The molecule has 2 heteroatoms. The molecule has 0 bridgehead atoms. The average molecular weight is 288 g/mol. The Balaban J connectivity index is 2.24. The quantitative estimate of drug-likeness (QED) is 0.879. The fraction of sp³-hybridized carbons (Fsp3) is 0.684. The van der Waals surface area contributed by atoms with Crippen molar-refractivity contribution in [3.8, 4) is 0 Å². The second-order valence-corrected chi connectivity index (χ2v) is 6.71. The summed E-state index contributed by atoms with van der Waals surface area (Å²) in [6.07, 6.45) is 5.33. The zero-order valence-electron chi connectivity index (χ0n) is 14.2. The van der Waals surface area contributed by atoms with Crippen LogP contribution in [0.4, 0.5) is 0 Å². The number of rotatable bonds is 5. The van der Waals surface area contributed by atoms with Crippen LogP contribution in [0, 0.1) is 19.8 Å². The van der Waals surface area contributed by atoms with E-state index in [9.17, 15) is 0 Å². The number of nitrogens with two attached hydrogens (primary N) is 1. The van der Waals surface area contributed by atoms with Crippen LogP contribution in [-0.4, -0.2) is 24.0 Å². The Hall–Kier alpha value is -0.860. The second kappa shape index (κ2) is 7.42. The first-order valence-corrected chi connectivity index (χ1v) is 8.61. The molecule has 2 N–H and O–H groups in total. The highest BCUT2D eigenvalue weighted by Crippen LogP contribution is 2.34. The van der Waals surface area contributed by atoms with Gasteiger partial charge in [0.05, 0.1) is 0 Å². The molecule has 2 nitrogen and oxygen atoms in total. The Bertz CT molecular complexity index is 455. The van der Waals surface area contributed by atoms with Gasteiger partial charge >= 0.3 is 0 Å². The molecular weight excluding hydrogens is 256 g/mol. The van der Waals surface area contributed by atoms with Crippen molar-refractivity contribution in [2.75, 3.05) is 13.1 Å². The normalized spacial score (nSPS) is 24.3. The van der Waals surface area contributed by atoms with E-state index in [0.29, 0.717) is 18.0 Å². The Morgan fingerprint density at radius 3 is 2.62 bits per heavy atom. The number of aryl methyl sites for hydroxylation is 2. The third-order valence-corrected chi connectivity index (χ3v) is 5.35. The maximum absolute atomic E-state index is 6.05. The van der Waals surface area contributed by atoms with Gasteiger partial charge in [-0.15, -0.1) is 0 Å². The predicted octanol–water partition coefficient (Wildman–Crippen LogP) is 4.20. The lowest BCUT2D eigenvalue weighted by Crippen LogP contribution is -2.46. The van der Waals surface area contributed by atoms with Gasteiger partial charge in [0, 0.05) is 12.1 Å². The molecule has 1 aromatic carbocycles. The second-order valence-electron chi connectivity index (χ2n) is 6.71. The molecule has 1 saturated carbocycles. The molecule has 1 aromatic rings. The van der Waals surface area contributed by atoms with Gasteiger partial charge in [0.2, 0.25) is 0 Å². The van der Waals surface area contributed by atoms with Gasteiger partial charge in [-0.3, -0.25) is 4.90 Å². The zero-order valence-corrected chi connectivity index (χ0v) is 14.2. The molecular formula is C19H32N2. The largest absolute Gasteiger partial charge is 0.330 e. The van der Waals surface area contributed by atoms with Gasteiger partial charge in [0.25, 0.3) is 0 Å². The Kier molecular flexibility index (Phi) is 5.83. The molecule has 3 unspecified atom stereocenters. The molecule has 0 saturated heterocycles. The van der Waals surface area contributed by atoms with Crippen LogP contribution >= 0.6 is 0 Å². The van der Waals surface area contributed by atoms with Crippen LogP contribution in [0.15, 0.2) is 18.2 Å². The molecule has 0 aliphatic heterocycles. The molecule has 3 atom stereocenters. The molecule has 118 valence electrons. The van der Waals surface area contributed by atoms with Crippen LogP contribution in [0.25, 0.3) is 0 Å². The molecule has 2 rings (SSSR count). The van der Waals surface area contributed by atoms with E-state index in [1.54, 1.807) is 0 Å². The molecule has 21 heavy (non-hydrogen) atoms.